The number of pyridine rings is 1. The van der Waals surface area contributed by atoms with E-state index in [9.17, 15) is 4.21 Å². The van der Waals surface area contributed by atoms with Gasteiger partial charge in [0.2, 0.25) is 0 Å². The zero-order valence-corrected chi connectivity index (χ0v) is 18.3. The molecule has 8 heteroatoms. The summed E-state index contributed by atoms with van der Waals surface area (Å²) in [6.07, 6.45) is 2.54. The first-order chi connectivity index (χ1) is 14.4. The standard InChI is InChI=1S/C22H27N3O4S/c1-15-19(14-30(26)21-24-17-6-4-5-7-18(17)25-21)23-10-8-20(15)27-11-9-16-12-28-22(2,3)29-13-16/h4-8,10,16H,9,11-14H2,1-3H3,(H,24,25). The van der Waals surface area contributed by atoms with Crippen LogP contribution >= 0.6 is 0 Å². The summed E-state index contributed by atoms with van der Waals surface area (Å²) in [4.78, 5) is 12.0. The first kappa shape index (κ1) is 21.0. The van der Waals surface area contributed by atoms with Crippen molar-refractivity contribution < 1.29 is 18.4 Å². The number of imidazole rings is 1. The van der Waals surface area contributed by atoms with Gasteiger partial charge in [-0.1, -0.05) is 12.1 Å². The lowest BCUT2D eigenvalue weighted by molar-refractivity contribution is -0.263. The molecule has 3 aromatic rings. The van der Waals surface area contributed by atoms with Gasteiger partial charge in [0.15, 0.2) is 10.9 Å². The van der Waals surface area contributed by atoms with Crippen LogP contribution in [-0.2, 0) is 26.0 Å². The van der Waals surface area contributed by atoms with Gasteiger partial charge in [-0.15, -0.1) is 0 Å². The normalized spacial score (nSPS) is 17.8. The minimum Gasteiger partial charge on any atom is -0.493 e. The topological polar surface area (TPSA) is 86.3 Å². The molecule has 1 N–H and O–H groups in total. The van der Waals surface area contributed by atoms with Crippen LogP contribution in [0, 0.1) is 12.8 Å². The summed E-state index contributed by atoms with van der Waals surface area (Å²) >= 11 is 0. The number of aromatic amines is 1. The van der Waals surface area contributed by atoms with Gasteiger partial charge in [0.1, 0.15) is 5.75 Å². The minimum atomic E-state index is -1.32. The van der Waals surface area contributed by atoms with E-state index in [-0.39, 0.29) is 5.75 Å². The van der Waals surface area contributed by atoms with E-state index in [4.69, 9.17) is 14.2 Å². The van der Waals surface area contributed by atoms with Crippen LogP contribution in [0.3, 0.4) is 0 Å². The fourth-order valence-electron chi connectivity index (χ4n) is 3.32. The Morgan fingerprint density at radius 2 is 2.00 bits per heavy atom. The maximum atomic E-state index is 12.8. The van der Waals surface area contributed by atoms with Gasteiger partial charge in [-0.05, 0) is 45.4 Å². The summed E-state index contributed by atoms with van der Waals surface area (Å²) in [7, 11) is -1.32. The van der Waals surface area contributed by atoms with Crippen molar-refractivity contribution in [2.75, 3.05) is 19.8 Å². The van der Waals surface area contributed by atoms with Crippen molar-refractivity contribution in [2.24, 2.45) is 5.92 Å². The second-order valence-corrected chi connectivity index (χ2v) is 9.32. The van der Waals surface area contributed by atoms with Crippen LogP contribution < -0.4 is 4.74 Å². The second kappa shape index (κ2) is 8.83. The highest BCUT2D eigenvalue weighted by Gasteiger charge is 2.28. The molecule has 0 bridgehead atoms. The van der Waals surface area contributed by atoms with Crippen molar-refractivity contribution >= 4 is 21.8 Å². The van der Waals surface area contributed by atoms with Gasteiger partial charge < -0.3 is 19.2 Å². The summed E-state index contributed by atoms with van der Waals surface area (Å²) < 4.78 is 30.2. The Morgan fingerprint density at radius 3 is 2.77 bits per heavy atom. The number of nitrogens with one attached hydrogen (secondary N) is 1. The fourth-order valence-corrected chi connectivity index (χ4v) is 4.42. The van der Waals surface area contributed by atoms with E-state index < -0.39 is 16.6 Å². The molecule has 4 rings (SSSR count). The Kier molecular flexibility index (Phi) is 6.17. The summed E-state index contributed by atoms with van der Waals surface area (Å²) in [5.74, 6) is 0.867. The number of hydrogen-bond acceptors (Lipinski definition) is 6. The van der Waals surface area contributed by atoms with Crippen LogP contribution in [0.5, 0.6) is 5.75 Å². The number of nitrogens with zero attached hydrogens (tertiary/aromatic N) is 2. The third-order valence-electron chi connectivity index (χ3n) is 5.23. The predicted molar refractivity (Wildman–Crippen MR) is 115 cm³/mol. The molecule has 1 aromatic carbocycles. The summed E-state index contributed by atoms with van der Waals surface area (Å²) in [5, 5.41) is 0.462. The lowest BCUT2D eigenvalue weighted by Crippen LogP contribution is -2.39. The molecule has 0 aliphatic carbocycles. The SMILES string of the molecule is Cc1c(OCCC2COC(C)(C)OC2)ccnc1CS(=O)c1nc2ccccc2[nH]1. The Balaban J connectivity index is 1.36. The molecule has 0 spiro atoms. The van der Waals surface area contributed by atoms with Gasteiger partial charge in [-0.25, -0.2) is 4.98 Å². The molecule has 1 fully saturated rings. The smallest absolute Gasteiger partial charge is 0.197 e. The number of benzene rings is 1. The highest BCUT2D eigenvalue weighted by atomic mass is 32.2. The molecule has 1 aliphatic rings. The van der Waals surface area contributed by atoms with Crippen molar-refractivity contribution in [1.29, 1.82) is 0 Å². The lowest BCUT2D eigenvalue weighted by atomic mass is 10.1. The Bertz CT molecular complexity index is 1010. The zero-order chi connectivity index (χ0) is 21.1. The summed E-state index contributed by atoms with van der Waals surface area (Å²) in [6, 6.07) is 9.50. The molecule has 1 unspecified atom stereocenters. The van der Waals surface area contributed by atoms with E-state index in [1.165, 1.54) is 0 Å². The van der Waals surface area contributed by atoms with Crippen LogP contribution in [0.2, 0.25) is 0 Å². The minimum absolute atomic E-state index is 0.280. The molecule has 160 valence electrons. The number of para-hydroxylation sites is 2. The average Bonchev–Trinajstić information content (AvgIpc) is 3.16. The molecule has 0 saturated carbocycles. The molecule has 0 amide bonds. The maximum absolute atomic E-state index is 12.8. The van der Waals surface area contributed by atoms with Crippen LogP contribution in [0.1, 0.15) is 31.5 Å². The quantitative estimate of drug-likeness (QED) is 0.616. The molecule has 30 heavy (non-hydrogen) atoms. The van der Waals surface area contributed by atoms with E-state index in [0.717, 1.165) is 34.5 Å². The van der Waals surface area contributed by atoms with Crippen LogP contribution in [0.4, 0.5) is 0 Å². The third kappa shape index (κ3) is 4.88. The van der Waals surface area contributed by atoms with Crippen LogP contribution in [-0.4, -0.2) is 44.8 Å². The predicted octanol–water partition coefficient (Wildman–Crippen LogP) is 3.74. The van der Waals surface area contributed by atoms with E-state index >= 15 is 0 Å². The highest BCUT2D eigenvalue weighted by Crippen LogP contribution is 2.25. The van der Waals surface area contributed by atoms with Crippen molar-refractivity contribution in [1.82, 2.24) is 15.0 Å². The lowest BCUT2D eigenvalue weighted by Gasteiger charge is -2.34. The first-order valence-electron chi connectivity index (χ1n) is 10.1. The van der Waals surface area contributed by atoms with Gasteiger partial charge >= 0.3 is 0 Å². The molecule has 2 aromatic heterocycles. The summed E-state index contributed by atoms with van der Waals surface area (Å²) in [5.41, 5.74) is 3.33. The zero-order valence-electron chi connectivity index (χ0n) is 17.5. The highest BCUT2D eigenvalue weighted by molar-refractivity contribution is 7.84. The number of aromatic nitrogens is 3. The monoisotopic (exact) mass is 429 g/mol. The number of fused-ring (bicyclic) bond motifs is 1. The average molecular weight is 430 g/mol. The van der Waals surface area contributed by atoms with Crippen LogP contribution in [0.25, 0.3) is 11.0 Å². The molecular weight excluding hydrogens is 402 g/mol. The Labute approximate surface area is 178 Å². The second-order valence-electron chi connectivity index (χ2n) is 7.95. The molecule has 0 radical (unpaired) electrons. The van der Waals surface area contributed by atoms with Gasteiger partial charge in [-0.2, -0.15) is 0 Å². The number of rotatable bonds is 7. The van der Waals surface area contributed by atoms with E-state index in [2.05, 4.69) is 15.0 Å². The van der Waals surface area contributed by atoms with Crippen molar-refractivity contribution in [3.63, 3.8) is 0 Å². The van der Waals surface area contributed by atoms with E-state index in [1.54, 1.807) is 6.20 Å². The number of ether oxygens (including phenoxy) is 3. The van der Waals surface area contributed by atoms with Crippen molar-refractivity contribution in [3.8, 4) is 5.75 Å². The van der Waals surface area contributed by atoms with Crippen LogP contribution in [0.15, 0.2) is 41.7 Å². The van der Waals surface area contributed by atoms with Gasteiger partial charge in [-0.3, -0.25) is 9.19 Å². The van der Waals surface area contributed by atoms with E-state index in [0.29, 0.717) is 30.9 Å². The largest absolute Gasteiger partial charge is 0.493 e. The first-order valence-corrected chi connectivity index (χ1v) is 11.4. The van der Waals surface area contributed by atoms with Crippen molar-refractivity contribution in [3.05, 3.63) is 47.8 Å². The third-order valence-corrected chi connectivity index (χ3v) is 6.39. The fraction of sp³-hybridized carbons (Fsp3) is 0.455. The van der Waals surface area contributed by atoms with Crippen molar-refractivity contribution in [2.45, 2.75) is 43.9 Å². The number of hydrogen-bond donors (Lipinski definition) is 1. The molecule has 7 nitrogen and oxygen atoms in total. The summed E-state index contributed by atoms with van der Waals surface area (Å²) in [6.45, 7) is 7.71. The Hall–Kier alpha value is -2.29. The Morgan fingerprint density at radius 1 is 1.23 bits per heavy atom. The molecule has 1 aliphatic heterocycles. The molecule has 1 atom stereocenters. The number of H-pyrrole nitrogens is 1. The maximum Gasteiger partial charge on any atom is 0.197 e. The van der Waals surface area contributed by atoms with Gasteiger partial charge in [0.05, 0.1) is 53.1 Å². The molecule has 3 heterocycles. The van der Waals surface area contributed by atoms with Gasteiger partial charge in [0.25, 0.3) is 0 Å². The van der Waals surface area contributed by atoms with Gasteiger partial charge in [0, 0.05) is 17.7 Å². The molecular formula is C22H27N3O4S. The molecule has 1 saturated heterocycles. The van der Waals surface area contributed by atoms with E-state index in [1.807, 2.05) is 51.1 Å².